The van der Waals surface area contributed by atoms with Gasteiger partial charge in [-0.05, 0) is 36.3 Å². The number of alkyl halides is 1. The first-order chi connectivity index (χ1) is 7.74. The molecule has 86 valence electrons. The standard InChI is InChI=1S/C13H15FO2/c14-8-9-4-3-7-10(9)11-5-1-2-6-12(11)13(15)16/h1-2,5-6,9-10H,3-4,7-8H2,(H,15,16). The molecule has 1 N–H and O–H groups in total. The lowest BCUT2D eigenvalue weighted by atomic mass is 9.87. The molecular weight excluding hydrogens is 207 g/mol. The van der Waals surface area contributed by atoms with Gasteiger partial charge in [0.2, 0.25) is 0 Å². The summed E-state index contributed by atoms with van der Waals surface area (Å²) in [6.45, 7) is -0.349. The highest BCUT2D eigenvalue weighted by molar-refractivity contribution is 5.89. The van der Waals surface area contributed by atoms with Gasteiger partial charge in [-0.1, -0.05) is 24.6 Å². The largest absolute Gasteiger partial charge is 0.478 e. The maximum absolute atomic E-state index is 12.8. The molecule has 2 atom stereocenters. The zero-order chi connectivity index (χ0) is 11.5. The number of rotatable bonds is 3. The molecule has 1 aliphatic rings. The molecule has 0 spiro atoms. The Morgan fingerprint density at radius 1 is 1.38 bits per heavy atom. The Hall–Kier alpha value is -1.38. The summed E-state index contributed by atoms with van der Waals surface area (Å²) in [5.41, 5.74) is 1.13. The van der Waals surface area contributed by atoms with Crippen molar-refractivity contribution in [3.63, 3.8) is 0 Å². The molecule has 1 fully saturated rings. The monoisotopic (exact) mass is 222 g/mol. The van der Waals surface area contributed by atoms with Crippen molar-refractivity contribution >= 4 is 5.97 Å². The van der Waals surface area contributed by atoms with Crippen LogP contribution in [-0.2, 0) is 0 Å². The van der Waals surface area contributed by atoms with Crippen molar-refractivity contribution in [1.82, 2.24) is 0 Å². The Balaban J connectivity index is 2.35. The molecule has 2 nitrogen and oxygen atoms in total. The van der Waals surface area contributed by atoms with Crippen molar-refractivity contribution in [2.45, 2.75) is 25.2 Å². The molecule has 2 rings (SSSR count). The van der Waals surface area contributed by atoms with Crippen LogP contribution in [0.25, 0.3) is 0 Å². The summed E-state index contributed by atoms with van der Waals surface area (Å²) in [6, 6.07) is 6.97. The van der Waals surface area contributed by atoms with Gasteiger partial charge in [-0.2, -0.15) is 0 Å². The molecule has 1 aliphatic carbocycles. The normalized spacial score (nSPS) is 24.6. The van der Waals surface area contributed by atoms with E-state index in [1.54, 1.807) is 12.1 Å². The van der Waals surface area contributed by atoms with Gasteiger partial charge in [-0.3, -0.25) is 4.39 Å². The van der Waals surface area contributed by atoms with Gasteiger partial charge < -0.3 is 5.11 Å². The van der Waals surface area contributed by atoms with Crippen LogP contribution in [0.2, 0.25) is 0 Å². The number of aromatic carboxylic acids is 1. The molecule has 0 amide bonds. The molecule has 0 saturated heterocycles. The SMILES string of the molecule is O=C(O)c1ccccc1C1CCCC1CF. The maximum atomic E-state index is 12.8. The Morgan fingerprint density at radius 3 is 2.81 bits per heavy atom. The summed E-state index contributed by atoms with van der Waals surface area (Å²) >= 11 is 0. The Bertz CT molecular complexity index is 389. The predicted molar refractivity (Wildman–Crippen MR) is 59.5 cm³/mol. The number of hydrogen-bond donors (Lipinski definition) is 1. The van der Waals surface area contributed by atoms with Crippen molar-refractivity contribution in [2.75, 3.05) is 6.67 Å². The number of benzene rings is 1. The average molecular weight is 222 g/mol. The second-order valence-corrected chi connectivity index (χ2v) is 4.34. The number of carboxylic acids is 1. The molecular formula is C13H15FO2. The zero-order valence-corrected chi connectivity index (χ0v) is 9.03. The lowest BCUT2D eigenvalue weighted by Crippen LogP contribution is -2.12. The molecule has 0 bridgehead atoms. The summed E-state index contributed by atoms with van der Waals surface area (Å²) in [5.74, 6) is -0.835. The van der Waals surface area contributed by atoms with E-state index in [4.69, 9.17) is 5.11 Å². The summed E-state index contributed by atoms with van der Waals surface area (Å²) in [5, 5.41) is 9.09. The first kappa shape index (κ1) is 11.1. The Morgan fingerprint density at radius 2 is 2.12 bits per heavy atom. The third-order valence-corrected chi connectivity index (χ3v) is 3.45. The van der Waals surface area contributed by atoms with Gasteiger partial charge in [0.1, 0.15) is 0 Å². The van der Waals surface area contributed by atoms with E-state index in [1.165, 1.54) is 0 Å². The minimum Gasteiger partial charge on any atom is -0.478 e. The van der Waals surface area contributed by atoms with Gasteiger partial charge >= 0.3 is 5.97 Å². The lowest BCUT2D eigenvalue weighted by molar-refractivity contribution is 0.0694. The van der Waals surface area contributed by atoms with Crippen LogP contribution in [0.1, 0.15) is 41.1 Å². The van der Waals surface area contributed by atoms with E-state index < -0.39 is 5.97 Å². The van der Waals surface area contributed by atoms with Crippen LogP contribution in [0.3, 0.4) is 0 Å². The predicted octanol–water partition coefficient (Wildman–Crippen LogP) is 3.24. The van der Waals surface area contributed by atoms with Crippen molar-refractivity contribution < 1.29 is 14.3 Å². The number of hydrogen-bond acceptors (Lipinski definition) is 1. The molecule has 0 aliphatic heterocycles. The molecule has 1 aromatic carbocycles. The molecule has 1 saturated carbocycles. The summed E-state index contributed by atoms with van der Waals surface area (Å²) < 4.78 is 12.8. The van der Waals surface area contributed by atoms with E-state index >= 15 is 0 Å². The molecule has 0 radical (unpaired) electrons. The topological polar surface area (TPSA) is 37.3 Å². The first-order valence-electron chi connectivity index (χ1n) is 5.62. The fourth-order valence-corrected chi connectivity index (χ4v) is 2.65. The van der Waals surface area contributed by atoms with Crippen LogP contribution in [0.15, 0.2) is 24.3 Å². The molecule has 16 heavy (non-hydrogen) atoms. The van der Waals surface area contributed by atoms with E-state index in [0.29, 0.717) is 5.56 Å². The lowest BCUT2D eigenvalue weighted by Gasteiger charge is -2.18. The summed E-state index contributed by atoms with van der Waals surface area (Å²) in [7, 11) is 0. The van der Waals surface area contributed by atoms with Crippen LogP contribution in [0.5, 0.6) is 0 Å². The van der Waals surface area contributed by atoms with Crippen molar-refractivity contribution in [3.05, 3.63) is 35.4 Å². The van der Waals surface area contributed by atoms with Crippen molar-refractivity contribution in [3.8, 4) is 0 Å². The summed E-state index contributed by atoms with van der Waals surface area (Å²) in [4.78, 5) is 11.1. The van der Waals surface area contributed by atoms with Gasteiger partial charge in [0.25, 0.3) is 0 Å². The van der Waals surface area contributed by atoms with Crippen LogP contribution < -0.4 is 0 Å². The molecule has 2 unspecified atom stereocenters. The zero-order valence-electron chi connectivity index (χ0n) is 9.03. The Kier molecular flexibility index (Phi) is 3.22. The van der Waals surface area contributed by atoms with E-state index in [0.717, 1.165) is 24.8 Å². The van der Waals surface area contributed by atoms with Crippen LogP contribution in [0.4, 0.5) is 4.39 Å². The highest BCUT2D eigenvalue weighted by Gasteiger charge is 2.30. The fourth-order valence-electron chi connectivity index (χ4n) is 2.65. The van der Waals surface area contributed by atoms with Crippen LogP contribution in [-0.4, -0.2) is 17.8 Å². The van der Waals surface area contributed by atoms with Crippen LogP contribution >= 0.6 is 0 Å². The van der Waals surface area contributed by atoms with E-state index in [-0.39, 0.29) is 18.5 Å². The molecule has 3 heteroatoms. The van der Waals surface area contributed by atoms with E-state index in [9.17, 15) is 9.18 Å². The number of carbonyl (C=O) groups is 1. The first-order valence-corrected chi connectivity index (χ1v) is 5.62. The van der Waals surface area contributed by atoms with Gasteiger partial charge in [0, 0.05) is 0 Å². The highest BCUT2D eigenvalue weighted by Crippen LogP contribution is 2.40. The number of carboxylic acid groups (broad SMARTS) is 1. The molecule has 0 aromatic heterocycles. The maximum Gasteiger partial charge on any atom is 0.335 e. The fraction of sp³-hybridized carbons (Fsp3) is 0.462. The van der Waals surface area contributed by atoms with Crippen LogP contribution in [0, 0.1) is 5.92 Å². The smallest absolute Gasteiger partial charge is 0.335 e. The van der Waals surface area contributed by atoms with Gasteiger partial charge in [0.15, 0.2) is 0 Å². The second-order valence-electron chi connectivity index (χ2n) is 4.34. The van der Waals surface area contributed by atoms with Gasteiger partial charge in [0.05, 0.1) is 12.2 Å². The second kappa shape index (κ2) is 4.64. The van der Waals surface area contributed by atoms with Crippen molar-refractivity contribution in [2.24, 2.45) is 5.92 Å². The van der Waals surface area contributed by atoms with Gasteiger partial charge in [-0.25, -0.2) is 4.79 Å². The summed E-state index contributed by atoms with van der Waals surface area (Å²) in [6.07, 6.45) is 2.77. The number of halogens is 1. The third-order valence-electron chi connectivity index (χ3n) is 3.45. The highest BCUT2D eigenvalue weighted by atomic mass is 19.1. The quantitative estimate of drug-likeness (QED) is 0.852. The third kappa shape index (κ3) is 1.94. The minimum absolute atomic E-state index is 0.000463. The van der Waals surface area contributed by atoms with E-state index in [1.807, 2.05) is 12.1 Å². The molecule has 0 heterocycles. The van der Waals surface area contributed by atoms with Crippen molar-refractivity contribution in [1.29, 1.82) is 0 Å². The average Bonchev–Trinajstić information content (AvgIpc) is 2.76. The van der Waals surface area contributed by atoms with E-state index in [2.05, 4.69) is 0 Å². The molecule has 1 aromatic rings. The van der Waals surface area contributed by atoms with Gasteiger partial charge in [-0.15, -0.1) is 0 Å². The minimum atomic E-state index is -0.917. The Labute approximate surface area is 94.1 Å².